The molecular formula is C12H18N8. The topological polar surface area (TPSA) is 97.8 Å². The quantitative estimate of drug-likeness (QED) is 0.591. The molecule has 8 nitrogen and oxygen atoms in total. The van der Waals surface area contributed by atoms with E-state index in [9.17, 15) is 0 Å². The lowest BCUT2D eigenvalue weighted by atomic mass is 10.4. The van der Waals surface area contributed by atoms with Crippen molar-refractivity contribution in [1.29, 1.82) is 0 Å². The Balaban J connectivity index is 1.98. The number of nitrogens with two attached hydrogens (primary N) is 1. The third kappa shape index (κ3) is 2.55. The molecule has 0 amide bonds. The highest BCUT2D eigenvalue weighted by Crippen LogP contribution is 2.30. The summed E-state index contributed by atoms with van der Waals surface area (Å²) in [6.45, 7) is 3.07. The van der Waals surface area contributed by atoms with Crippen LogP contribution in [0.3, 0.4) is 0 Å². The van der Waals surface area contributed by atoms with Crippen molar-refractivity contribution in [3.63, 3.8) is 0 Å². The summed E-state index contributed by atoms with van der Waals surface area (Å²) in [5, 5.41) is 4.15. The van der Waals surface area contributed by atoms with Gasteiger partial charge in [-0.3, -0.25) is 5.43 Å². The molecule has 0 unspecified atom stereocenters. The van der Waals surface area contributed by atoms with Crippen LogP contribution >= 0.6 is 0 Å². The highest BCUT2D eigenvalue weighted by atomic mass is 15.4. The summed E-state index contributed by atoms with van der Waals surface area (Å²) < 4.78 is 1.60. The molecule has 0 atom stereocenters. The molecule has 2 aromatic rings. The minimum atomic E-state index is 0.349. The minimum Gasteiger partial charge on any atom is -0.338 e. The molecule has 106 valence electrons. The second kappa shape index (κ2) is 5.41. The number of aromatic nitrogens is 5. The van der Waals surface area contributed by atoms with E-state index in [4.69, 9.17) is 5.84 Å². The van der Waals surface area contributed by atoms with Crippen LogP contribution in [0.15, 0.2) is 18.5 Å². The van der Waals surface area contributed by atoms with Crippen LogP contribution in [-0.4, -0.2) is 37.3 Å². The van der Waals surface area contributed by atoms with Gasteiger partial charge in [0.2, 0.25) is 11.9 Å². The first-order valence-electron chi connectivity index (χ1n) is 6.81. The van der Waals surface area contributed by atoms with Crippen LogP contribution in [-0.2, 0) is 0 Å². The largest absolute Gasteiger partial charge is 0.338 e. The summed E-state index contributed by atoms with van der Waals surface area (Å²) in [5.74, 6) is 6.93. The molecule has 1 aliphatic rings. The Morgan fingerprint density at radius 1 is 1.40 bits per heavy atom. The summed E-state index contributed by atoms with van der Waals surface area (Å²) in [6, 6.07) is 2.36. The van der Waals surface area contributed by atoms with Gasteiger partial charge in [-0.15, -0.1) is 0 Å². The van der Waals surface area contributed by atoms with E-state index in [2.05, 4.69) is 37.3 Å². The molecule has 0 aromatic carbocycles. The number of hydrogen-bond donors (Lipinski definition) is 2. The Labute approximate surface area is 117 Å². The van der Waals surface area contributed by atoms with Crippen molar-refractivity contribution < 1.29 is 0 Å². The van der Waals surface area contributed by atoms with Gasteiger partial charge in [0.25, 0.3) is 5.95 Å². The van der Waals surface area contributed by atoms with Gasteiger partial charge >= 0.3 is 0 Å². The van der Waals surface area contributed by atoms with Gasteiger partial charge in [0, 0.05) is 25.0 Å². The predicted molar refractivity (Wildman–Crippen MR) is 75.4 cm³/mol. The number of nitrogens with zero attached hydrogens (tertiary/aromatic N) is 6. The molecule has 1 fully saturated rings. The molecule has 0 saturated heterocycles. The number of hydrazine groups is 1. The van der Waals surface area contributed by atoms with Crippen LogP contribution < -0.4 is 16.2 Å². The van der Waals surface area contributed by atoms with Crippen LogP contribution in [0.4, 0.5) is 11.9 Å². The fourth-order valence-electron chi connectivity index (χ4n) is 2.11. The molecule has 1 saturated carbocycles. The summed E-state index contributed by atoms with van der Waals surface area (Å²) in [7, 11) is 0. The lowest BCUT2D eigenvalue weighted by Gasteiger charge is -2.22. The van der Waals surface area contributed by atoms with Crippen LogP contribution in [0, 0.1) is 0 Å². The molecule has 8 heteroatoms. The van der Waals surface area contributed by atoms with E-state index < -0.39 is 0 Å². The molecule has 20 heavy (non-hydrogen) atoms. The van der Waals surface area contributed by atoms with E-state index in [-0.39, 0.29) is 0 Å². The normalized spacial score (nSPS) is 14.3. The molecular weight excluding hydrogens is 256 g/mol. The van der Waals surface area contributed by atoms with Crippen molar-refractivity contribution in [3.05, 3.63) is 18.5 Å². The maximum absolute atomic E-state index is 5.46. The van der Waals surface area contributed by atoms with E-state index in [0.29, 0.717) is 23.9 Å². The van der Waals surface area contributed by atoms with E-state index in [1.165, 1.54) is 12.8 Å². The Bertz CT molecular complexity index is 563. The monoisotopic (exact) mass is 274 g/mol. The van der Waals surface area contributed by atoms with Gasteiger partial charge in [-0.1, -0.05) is 6.92 Å². The van der Waals surface area contributed by atoms with Gasteiger partial charge in [-0.25, -0.2) is 10.5 Å². The molecule has 2 heterocycles. The number of nitrogens with one attached hydrogen (secondary N) is 1. The van der Waals surface area contributed by atoms with E-state index >= 15 is 0 Å². The lowest BCUT2D eigenvalue weighted by Crippen LogP contribution is -2.29. The number of hydrogen-bond acceptors (Lipinski definition) is 7. The first-order chi connectivity index (χ1) is 9.81. The van der Waals surface area contributed by atoms with Crippen molar-refractivity contribution in [2.45, 2.75) is 32.2 Å². The van der Waals surface area contributed by atoms with Crippen LogP contribution in [0.25, 0.3) is 5.95 Å². The van der Waals surface area contributed by atoms with E-state index in [1.807, 2.05) is 6.07 Å². The standard InChI is InChI=1S/C12H18N8/c1-2-7-19(9-4-5-9)11-15-10(18-13)16-12(17-11)20-8-3-6-14-20/h3,6,8-9H,2,4-5,7,13H2,1H3,(H,15,16,17,18). The summed E-state index contributed by atoms with van der Waals surface area (Å²) in [4.78, 5) is 15.3. The Morgan fingerprint density at radius 3 is 2.85 bits per heavy atom. The van der Waals surface area contributed by atoms with Crippen molar-refractivity contribution in [2.75, 3.05) is 16.9 Å². The Morgan fingerprint density at radius 2 is 2.25 bits per heavy atom. The summed E-state index contributed by atoms with van der Waals surface area (Å²) in [6.07, 6.45) is 6.90. The van der Waals surface area contributed by atoms with Gasteiger partial charge < -0.3 is 4.90 Å². The average Bonchev–Trinajstić information content (AvgIpc) is 3.17. The molecule has 0 radical (unpaired) electrons. The first-order valence-corrected chi connectivity index (χ1v) is 6.81. The van der Waals surface area contributed by atoms with Gasteiger partial charge in [0.1, 0.15) is 0 Å². The Kier molecular flexibility index (Phi) is 3.46. The minimum absolute atomic E-state index is 0.349. The van der Waals surface area contributed by atoms with Crippen LogP contribution in [0.5, 0.6) is 0 Å². The first kappa shape index (κ1) is 12.8. The SMILES string of the molecule is CCCN(c1nc(NN)nc(-n2cccn2)n1)C1CC1. The third-order valence-corrected chi connectivity index (χ3v) is 3.16. The maximum atomic E-state index is 5.46. The second-order valence-corrected chi connectivity index (χ2v) is 4.78. The van der Waals surface area contributed by atoms with Crippen LogP contribution in [0.1, 0.15) is 26.2 Å². The molecule has 2 aromatic heterocycles. The van der Waals surface area contributed by atoms with Crippen molar-refractivity contribution in [1.82, 2.24) is 24.7 Å². The highest BCUT2D eigenvalue weighted by molar-refractivity contribution is 5.41. The number of nitrogen functional groups attached to an aromatic ring is 1. The van der Waals surface area contributed by atoms with Crippen LogP contribution in [0.2, 0.25) is 0 Å². The van der Waals surface area contributed by atoms with Gasteiger partial charge in [-0.2, -0.15) is 20.1 Å². The smallest absolute Gasteiger partial charge is 0.257 e. The molecule has 0 spiro atoms. The molecule has 0 aliphatic heterocycles. The lowest BCUT2D eigenvalue weighted by molar-refractivity contribution is 0.716. The number of rotatable bonds is 6. The van der Waals surface area contributed by atoms with E-state index in [1.54, 1.807) is 17.1 Å². The number of anilines is 2. The van der Waals surface area contributed by atoms with Crippen molar-refractivity contribution >= 4 is 11.9 Å². The molecule has 0 bridgehead atoms. The zero-order valence-electron chi connectivity index (χ0n) is 11.4. The van der Waals surface area contributed by atoms with Crippen molar-refractivity contribution in [2.24, 2.45) is 5.84 Å². The maximum Gasteiger partial charge on any atom is 0.257 e. The van der Waals surface area contributed by atoms with Gasteiger partial charge in [-0.05, 0) is 25.3 Å². The molecule has 3 N–H and O–H groups in total. The highest BCUT2D eigenvalue weighted by Gasteiger charge is 2.31. The summed E-state index contributed by atoms with van der Waals surface area (Å²) >= 11 is 0. The Hall–Kier alpha value is -2.22. The molecule has 3 rings (SSSR count). The predicted octanol–water partition coefficient (Wildman–Crippen LogP) is 0.722. The van der Waals surface area contributed by atoms with E-state index in [0.717, 1.165) is 13.0 Å². The summed E-state index contributed by atoms with van der Waals surface area (Å²) in [5.41, 5.74) is 2.50. The average molecular weight is 274 g/mol. The molecule has 1 aliphatic carbocycles. The zero-order chi connectivity index (χ0) is 13.9. The third-order valence-electron chi connectivity index (χ3n) is 3.16. The zero-order valence-corrected chi connectivity index (χ0v) is 11.4. The van der Waals surface area contributed by atoms with Gasteiger partial charge in [0.15, 0.2) is 0 Å². The second-order valence-electron chi connectivity index (χ2n) is 4.78. The van der Waals surface area contributed by atoms with Gasteiger partial charge in [0.05, 0.1) is 0 Å². The van der Waals surface area contributed by atoms with Crippen molar-refractivity contribution in [3.8, 4) is 5.95 Å². The fourth-order valence-corrected chi connectivity index (χ4v) is 2.11. The fraction of sp³-hybridized carbons (Fsp3) is 0.500.